The fourth-order valence-electron chi connectivity index (χ4n) is 3.81. The molecule has 5 nitrogen and oxygen atoms in total. The van der Waals surface area contributed by atoms with E-state index < -0.39 is 0 Å². The van der Waals surface area contributed by atoms with E-state index in [9.17, 15) is 0 Å². The van der Waals surface area contributed by atoms with Crippen LogP contribution in [-0.2, 0) is 0 Å². The summed E-state index contributed by atoms with van der Waals surface area (Å²) < 4.78 is 5.69. The minimum atomic E-state index is 0. The van der Waals surface area contributed by atoms with Crippen LogP contribution >= 0.6 is 35.7 Å². The molecule has 7 heteroatoms. The van der Waals surface area contributed by atoms with Crippen LogP contribution in [0.3, 0.4) is 0 Å². The van der Waals surface area contributed by atoms with E-state index in [2.05, 4.69) is 32.8 Å². The Morgan fingerprint density at radius 2 is 2.20 bits per heavy atom. The second-order valence-electron chi connectivity index (χ2n) is 6.74. The number of halogens is 1. The van der Waals surface area contributed by atoms with Crippen LogP contribution in [0.2, 0.25) is 0 Å². The highest BCUT2D eigenvalue weighted by atomic mass is 127. The number of nitrogens with zero attached hydrogens (tertiary/aromatic N) is 2. The quantitative estimate of drug-likeness (QED) is 0.373. The lowest BCUT2D eigenvalue weighted by Gasteiger charge is -2.27. The summed E-state index contributed by atoms with van der Waals surface area (Å²) in [7, 11) is 1.86. The predicted molar refractivity (Wildman–Crippen MR) is 117 cm³/mol. The molecule has 1 saturated carbocycles. The highest BCUT2D eigenvalue weighted by Gasteiger charge is 2.27. The van der Waals surface area contributed by atoms with Crippen LogP contribution in [0, 0.1) is 0 Å². The van der Waals surface area contributed by atoms with E-state index in [1.807, 2.05) is 24.9 Å². The zero-order valence-electron chi connectivity index (χ0n) is 15.2. The molecule has 3 unspecified atom stereocenters. The van der Waals surface area contributed by atoms with Crippen LogP contribution in [0.5, 0.6) is 0 Å². The Balaban J connectivity index is 0.00000225. The molecule has 1 aliphatic heterocycles. The third kappa shape index (κ3) is 5.79. The molecule has 1 aromatic rings. The molecule has 1 saturated heterocycles. The number of thioether (sulfide) groups is 1. The molecule has 0 radical (unpaired) electrons. The smallest absolute Gasteiger partial charge is 0.191 e. The Labute approximate surface area is 172 Å². The van der Waals surface area contributed by atoms with E-state index >= 15 is 0 Å². The van der Waals surface area contributed by atoms with Gasteiger partial charge in [-0.3, -0.25) is 9.89 Å². The topological polar surface area (TPSA) is 52.8 Å². The number of hydrogen-bond acceptors (Lipinski definition) is 4. The summed E-state index contributed by atoms with van der Waals surface area (Å²) in [6.07, 6.45) is 10.3. The van der Waals surface area contributed by atoms with Crippen LogP contribution < -0.4 is 10.6 Å². The number of furan rings is 1. The second kappa shape index (κ2) is 10.7. The Kier molecular flexibility index (Phi) is 8.92. The van der Waals surface area contributed by atoms with Crippen LogP contribution in [0.1, 0.15) is 43.9 Å². The minimum Gasteiger partial charge on any atom is -0.468 e. The van der Waals surface area contributed by atoms with E-state index in [1.165, 1.54) is 32.1 Å². The van der Waals surface area contributed by atoms with Crippen molar-refractivity contribution in [1.29, 1.82) is 0 Å². The molecule has 1 aliphatic carbocycles. The van der Waals surface area contributed by atoms with Gasteiger partial charge < -0.3 is 15.1 Å². The van der Waals surface area contributed by atoms with Crippen LogP contribution in [0.4, 0.5) is 0 Å². The standard InChI is InChI=1S/C18H30N4OS.HI/c1-19-18(21-14-7-8-15(12-14)24-2)20-13-16(17-6-5-11-23-17)22-9-3-4-10-22;/h5-6,11,14-16H,3-4,7-10,12-13H2,1-2H3,(H2,19,20,21);1H. The van der Waals surface area contributed by atoms with Gasteiger partial charge in [0.05, 0.1) is 12.3 Å². The van der Waals surface area contributed by atoms with Crippen molar-refractivity contribution in [2.45, 2.75) is 49.4 Å². The average molecular weight is 478 g/mol. The molecule has 0 aromatic carbocycles. The summed E-state index contributed by atoms with van der Waals surface area (Å²) >= 11 is 1.98. The largest absolute Gasteiger partial charge is 0.468 e. The van der Waals surface area contributed by atoms with Gasteiger partial charge >= 0.3 is 0 Å². The van der Waals surface area contributed by atoms with Gasteiger partial charge in [-0.25, -0.2) is 0 Å². The van der Waals surface area contributed by atoms with Crippen molar-refractivity contribution in [2.24, 2.45) is 4.99 Å². The summed E-state index contributed by atoms with van der Waals surface area (Å²) in [4.78, 5) is 6.93. The Morgan fingerprint density at radius 1 is 1.40 bits per heavy atom. The van der Waals surface area contributed by atoms with Gasteiger partial charge in [-0.05, 0) is 63.6 Å². The normalized spacial score (nSPS) is 25.6. The highest BCUT2D eigenvalue weighted by Crippen LogP contribution is 2.28. The fraction of sp³-hybridized carbons (Fsp3) is 0.722. The molecule has 142 valence electrons. The summed E-state index contributed by atoms with van der Waals surface area (Å²) in [5, 5.41) is 7.92. The van der Waals surface area contributed by atoms with Gasteiger partial charge in [-0.15, -0.1) is 24.0 Å². The fourth-order valence-corrected chi connectivity index (χ4v) is 4.61. The number of rotatable bonds is 6. The monoisotopic (exact) mass is 478 g/mol. The molecule has 3 atom stereocenters. The van der Waals surface area contributed by atoms with E-state index in [0.29, 0.717) is 6.04 Å². The van der Waals surface area contributed by atoms with Crippen LogP contribution in [-0.4, -0.2) is 55.1 Å². The molecule has 2 N–H and O–H groups in total. The first-order valence-corrected chi connectivity index (χ1v) is 10.4. The maximum atomic E-state index is 5.69. The zero-order valence-corrected chi connectivity index (χ0v) is 18.4. The van der Waals surface area contributed by atoms with Gasteiger partial charge in [-0.1, -0.05) is 0 Å². The van der Waals surface area contributed by atoms with Gasteiger partial charge in [0.15, 0.2) is 5.96 Å². The predicted octanol–water partition coefficient (Wildman–Crippen LogP) is 3.48. The van der Waals surface area contributed by atoms with Gasteiger partial charge in [0.25, 0.3) is 0 Å². The van der Waals surface area contributed by atoms with Gasteiger partial charge in [0.1, 0.15) is 5.76 Å². The van der Waals surface area contributed by atoms with Crippen molar-refractivity contribution in [3.63, 3.8) is 0 Å². The lowest BCUT2D eigenvalue weighted by molar-refractivity contribution is 0.215. The van der Waals surface area contributed by atoms with Crippen LogP contribution in [0.15, 0.2) is 27.8 Å². The van der Waals surface area contributed by atoms with Crippen molar-refractivity contribution in [3.05, 3.63) is 24.2 Å². The van der Waals surface area contributed by atoms with Crippen molar-refractivity contribution in [2.75, 3.05) is 32.9 Å². The van der Waals surface area contributed by atoms with Gasteiger partial charge in [-0.2, -0.15) is 11.8 Å². The maximum Gasteiger partial charge on any atom is 0.191 e. The molecule has 0 spiro atoms. The molecule has 0 amide bonds. The lowest BCUT2D eigenvalue weighted by atomic mass is 10.2. The Hall–Kier alpha value is -0.410. The molecular weight excluding hydrogens is 447 g/mol. The lowest BCUT2D eigenvalue weighted by Crippen LogP contribution is -2.45. The van der Waals surface area contributed by atoms with Gasteiger partial charge in [0, 0.05) is 24.9 Å². The van der Waals surface area contributed by atoms with Crippen molar-refractivity contribution >= 4 is 41.7 Å². The summed E-state index contributed by atoms with van der Waals surface area (Å²) in [5.74, 6) is 1.96. The van der Waals surface area contributed by atoms with Crippen LogP contribution in [0.25, 0.3) is 0 Å². The summed E-state index contributed by atoms with van der Waals surface area (Å²) in [6, 6.07) is 4.89. The third-order valence-corrected chi connectivity index (χ3v) is 6.29. The first-order chi connectivity index (χ1) is 11.8. The molecular formula is C18H31IN4OS. The van der Waals surface area contributed by atoms with Crippen molar-refractivity contribution < 1.29 is 4.42 Å². The number of aliphatic imine (C=N–C) groups is 1. The molecule has 25 heavy (non-hydrogen) atoms. The van der Waals surface area contributed by atoms with Gasteiger partial charge in [0.2, 0.25) is 0 Å². The second-order valence-corrected chi connectivity index (χ2v) is 7.88. The Morgan fingerprint density at radius 3 is 2.80 bits per heavy atom. The summed E-state index contributed by atoms with van der Waals surface area (Å²) in [5.41, 5.74) is 0. The van der Waals surface area contributed by atoms with E-state index in [-0.39, 0.29) is 30.0 Å². The molecule has 2 heterocycles. The number of nitrogens with one attached hydrogen (secondary N) is 2. The average Bonchev–Trinajstić information content (AvgIpc) is 3.36. The molecule has 3 rings (SSSR count). The Bertz CT molecular complexity index is 519. The SMILES string of the molecule is CN=C(NCC(c1ccco1)N1CCCC1)NC1CCC(SC)C1.I. The van der Waals surface area contributed by atoms with Crippen molar-refractivity contribution in [3.8, 4) is 0 Å². The number of guanidine groups is 1. The minimum absolute atomic E-state index is 0. The van der Waals surface area contributed by atoms with Crippen molar-refractivity contribution in [1.82, 2.24) is 15.5 Å². The zero-order chi connectivity index (χ0) is 16.8. The van der Waals surface area contributed by atoms with E-state index in [4.69, 9.17) is 4.42 Å². The first kappa shape index (κ1) is 20.9. The number of likely N-dealkylation sites (tertiary alicyclic amines) is 1. The third-order valence-electron chi connectivity index (χ3n) is 5.20. The molecule has 0 bridgehead atoms. The summed E-state index contributed by atoms with van der Waals surface area (Å²) in [6.45, 7) is 3.13. The maximum absolute atomic E-state index is 5.69. The molecule has 2 fully saturated rings. The first-order valence-electron chi connectivity index (χ1n) is 9.07. The molecule has 1 aromatic heterocycles. The highest BCUT2D eigenvalue weighted by molar-refractivity contribution is 14.0. The van der Waals surface area contributed by atoms with E-state index in [1.54, 1.807) is 6.26 Å². The molecule has 2 aliphatic rings. The number of hydrogen-bond donors (Lipinski definition) is 2. The van der Waals surface area contributed by atoms with E-state index in [0.717, 1.165) is 36.6 Å².